The largest absolute Gasteiger partial charge is 0.469 e. The van der Waals surface area contributed by atoms with Crippen LogP contribution in [0.5, 0.6) is 0 Å². The van der Waals surface area contributed by atoms with Crippen molar-refractivity contribution in [2.24, 2.45) is 0 Å². The molecular weight excluding hydrogens is 308 g/mol. The summed E-state index contributed by atoms with van der Waals surface area (Å²) in [6.45, 7) is 2.16. The van der Waals surface area contributed by atoms with Gasteiger partial charge in [-0.3, -0.25) is 14.4 Å². The van der Waals surface area contributed by atoms with Crippen molar-refractivity contribution in [1.82, 2.24) is 9.80 Å². The Morgan fingerprint density at radius 3 is 1.96 bits per heavy atom. The quantitative estimate of drug-likeness (QED) is 0.735. The lowest BCUT2D eigenvalue weighted by Gasteiger charge is -2.35. The molecular formula is C18H24N2O4. The van der Waals surface area contributed by atoms with E-state index in [4.69, 9.17) is 0 Å². The van der Waals surface area contributed by atoms with Crippen LogP contribution in [0.1, 0.15) is 24.8 Å². The van der Waals surface area contributed by atoms with Gasteiger partial charge in [0.2, 0.25) is 11.8 Å². The SMILES string of the molecule is COC(=O)CCC(=O)N1CCN(C(=O)CCc2ccccc2)CC1. The Morgan fingerprint density at radius 1 is 0.875 bits per heavy atom. The van der Waals surface area contributed by atoms with Gasteiger partial charge in [0.25, 0.3) is 0 Å². The number of carbonyl (C=O) groups is 3. The fourth-order valence-corrected chi connectivity index (χ4v) is 2.73. The Bertz CT molecular complexity index is 566. The molecule has 0 atom stereocenters. The van der Waals surface area contributed by atoms with Crippen LogP contribution in [0.3, 0.4) is 0 Å². The zero-order chi connectivity index (χ0) is 17.4. The fourth-order valence-electron chi connectivity index (χ4n) is 2.73. The molecule has 1 aliphatic heterocycles. The van der Waals surface area contributed by atoms with Gasteiger partial charge in [0.1, 0.15) is 0 Å². The van der Waals surface area contributed by atoms with Crippen molar-refractivity contribution < 1.29 is 19.1 Å². The smallest absolute Gasteiger partial charge is 0.306 e. The normalized spacial score (nSPS) is 14.4. The number of rotatable bonds is 6. The van der Waals surface area contributed by atoms with E-state index in [1.54, 1.807) is 4.90 Å². The summed E-state index contributed by atoms with van der Waals surface area (Å²) >= 11 is 0. The molecule has 0 spiro atoms. The molecule has 1 aromatic rings. The van der Waals surface area contributed by atoms with Crippen molar-refractivity contribution >= 4 is 17.8 Å². The summed E-state index contributed by atoms with van der Waals surface area (Å²) in [5, 5.41) is 0. The second-order valence-corrected chi connectivity index (χ2v) is 5.82. The van der Waals surface area contributed by atoms with Crippen molar-refractivity contribution in [3.63, 3.8) is 0 Å². The number of ether oxygens (including phenoxy) is 1. The standard InChI is InChI=1S/C18H24N2O4/c1-24-18(23)10-9-17(22)20-13-11-19(12-14-20)16(21)8-7-15-5-3-2-4-6-15/h2-6H,7-14H2,1H3. The molecule has 6 nitrogen and oxygen atoms in total. The van der Waals surface area contributed by atoms with Crippen LogP contribution in [-0.4, -0.2) is 60.9 Å². The molecule has 130 valence electrons. The first-order valence-electron chi connectivity index (χ1n) is 8.26. The average molecular weight is 332 g/mol. The number of benzene rings is 1. The van der Waals surface area contributed by atoms with Gasteiger partial charge in [-0.2, -0.15) is 0 Å². The highest BCUT2D eigenvalue weighted by Crippen LogP contribution is 2.09. The second-order valence-electron chi connectivity index (χ2n) is 5.82. The summed E-state index contributed by atoms with van der Waals surface area (Å²) in [5.41, 5.74) is 1.16. The van der Waals surface area contributed by atoms with Crippen molar-refractivity contribution in [3.8, 4) is 0 Å². The minimum atomic E-state index is -0.377. The van der Waals surface area contributed by atoms with E-state index < -0.39 is 0 Å². The molecule has 0 unspecified atom stereocenters. The zero-order valence-electron chi connectivity index (χ0n) is 14.1. The maximum absolute atomic E-state index is 12.3. The first kappa shape index (κ1) is 18.0. The predicted molar refractivity (Wildman–Crippen MR) is 89.2 cm³/mol. The van der Waals surface area contributed by atoms with E-state index in [0.717, 1.165) is 12.0 Å². The lowest BCUT2D eigenvalue weighted by Crippen LogP contribution is -2.50. The number of methoxy groups -OCH3 is 1. The predicted octanol–water partition coefficient (Wildman–Crippen LogP) is 1.24. The van der Waals surface area contributed by atoms with Gasteiger partial charge in [0.15, 0.2) is 0 Å². The summed E-state index contributed by atoms with van der Waals surface area (Å²) in [7, 11) is 1.31. The summed E-state index contributed by atoms with van der Waals surface area (Å²) < 4.78 is 4.54. The van der Waals surface area contributed by atoms with Crippen LogP contribution in [0, 0.1) is 0 Å². The molecule has 0 aliphatic carbocycles. The highest BCUT2D eigenvalue weighted by molar-refractivity contribution is 5.82. The topological polar surface area (TPSA) is 66.9 Å². The van der Waals surface area contributed by atoms with Gasteiger partial charge >= 0.3 is 5.97 Å². The van der Waals surface area contributed by atoms with Crippen LogP contribution in [0.25, 0.3) is 0 Å². The summed E-state index contributed by atoms with van der Waals surface area (Å²) in [6, 6.07) is 9.94. The van der Waals surface area contributed by atoms with Gasteiger partial charge in [0, 0.05) is 39.0 Å². The number of amides is 2. The molecule has 2 amide bonds. The number of piperazine rings is 1. The van der Waals surface area contributed by atoms with Crippen molar-refractivity contribution in [3.05, 3.63) is 35.9 Å². The third kappa shape index (κ3) is 5.37. The average Bonchev–Trinajstić information content (AvgIpc) is 2.64. The highest BCUT2D eigenvalue weighted by atomic mass is 16.5. The Morgan fingerprint density at radius 2 is 1.42 bits per heavy atom. The zero-order valence-corrected chi connectivity index (χ0v) is 14.1. The van der Waals surface area contributed by atoms with E-state index in [0.29, 0.717) is 32.6 Å². The Kier molecular flexibility index (Phi) is 6.78. The molecule has 0 saturated carbocycles. The molecule has 0 bridgehead atoms. The van der Waals surface area contributed by atoms with Gasteiger partial charge in [-0.25, -0.2) is 0 Å². The van der Waals surface area contributed by atoms with Gasteiger partial charge in [0.05, 0.1) is 13.5 Å². The number of esters is 1. The van der Waals surface area contributed by atoms with Crippen LogP contribution in [0.15, 0.2) is 30.3 Å². The molecule has 1 heterocycles. The maximum Gasteiger partial charge on any atom is 0.306 e. The molecule has 6 heteroatoms. The number of hydrogen-bond donors (Lipinski definition) is 0. The molecule has 2 rings (SSSR count). The van der Waals surface area contributed by atoms with Crippen LogP contribution in [-0.2, 0) is 25.5 Å². The van der Waals surface area contributed by atoms with Crippen LogP contribution in [0.4, 0.5) is 0 Å². The van der Waals surface area contributed by atoms with Crippen molar-refractivity contribution in [2.75, 3.05) is 33.3 Å². The molecule has 1 fully saturated rings. The molecule has 0 aromatic heterocycles. The first-order valence-corrected chi connectivity index (χ1v) is 8.26. The van der Waals surface area contributed by atoms with Crippen LogP contribution in [0.2, 0.25) is 0 Å². The second kappa shape index (κ2) is 9.05. The third-order valence-corrected chi connectivity index (χ3v) is 4.23. The third-order valence-electron chi connectivity index (χ3n) is 4.23. The fraction of sp³-hybridized carbons (Fsp3) is 0.500. The summed E-state index contributed by atoms with van der Waals surface area (Å²) in [5.74, 6) is -0.310. The monoisotopic (exact) mass is 332 g/mol. The molecule has 1 saturated heterocycles. The lowest BCUT2D eigenvalue weighted by molar-refractivity contribution is -0.144. The lowest BCUT2D eigenvalue weighted by atomic mass is 10.1. The van der Waals surface area contributed by atoms with E-state index >= 15 is 0 Å². The van der Waals surface area contributed by atoms with Crippen molar-refractivity contribution in [2.45, 2.75) is 25.7 Å². The van der Waals surface area contributed by atoms with Crippen LogP contribution < -0.4 is 0 Å². The molecule has 0 N–H and O–H groups in total. The number of nitrogens with zero attached hydrogens (tertiary/aromatic N) is 2. The Balaban J connectivity index is 1.70. The Labute approximate surface area is 142 Å². The number of aryl methyl sites for hydroxylation is 1. The van der Waals surface area contributed by atoms with Gasteiger partial charge < -0.3 is 14.5 Å². The number of hydrogen-bond acceptors (Lipinski definition) is 4. The number of carbonyl (C=O) groups excluding carboxylic acids is 3. The van der Waals surface area contributed by atoms with Crippen LogP contribution >= 0.6 is 0 Å². The minimum Gasteiger partial charge on any atom is -0.469 e. The molecule has 0 radical (unpaired) electrons. The van der Waals surface area contributed by atoms with Gasteiger partial charge in [-0.05, 0) is 12.0 Å². The minimum absolute atomic E-state index is 0.0585. The molecule has 24 heavy (non-hydrogen) atoms. The van der Waals surface area contributed by atoms with E-state index in [9.17, 15) is 14.4 Å². The van der Waals surface area contributed by atoms with Gasteiger partial charge in [-0.15, -0.1) is 0 Å². The van der Waals surface area contributed by atoms with E-state index in [2.05, 4.69) is 4.74 Å². The highest BCUT2D eigenvalue weighted by Gasteiger charge is 2.24. The molecule has 1 aliphatic rings. The van der Waals surface area contributed by atoms with E-state index in [1.165, 1.54) is 7.11 Å². The first-order chi connectivity index (χ1) is 11.6. The maximum atomic E-state index is 12.3. The van der Waals surface area contributed by atoms with E-state index in [1.807, 2.05) is 35.2 Å². The van der Waals surface area contributed by atoms with Gasteiger partial charge in [-0.1, -0.05) is 30.3 Å². The van der Waals surface area contributed by atoms with E-state index in [-0.39, 0.29) is 30.6 Å². The summed E-state index contributed by atoms with van der Waals surface area (Å²) in [4.78, 5) is 38.9. The summed E-state index contributed by atoms with van der Waals surface area (Å²) in [6.07, 6.45) is 1.48. The van der Waals surface area contributed by atoms with Crippen molar-refractivity contribution in [1.29, 1.82) is 0 Å². The molecule has 1 aromatic carbocycles. The Hall–Kier alpha value is -2.37.